The lowest BCUT2D eigenvalue weighted by molar-refractivity contribution is -0.149. The van der Waals surface area contributed by atoms with Crippen LogP contribution in [0.1, 0.15) is 56.9 Å². The van der Waals surface area contributed by atoms with Crippen LogP contribution in [0.2, 0.25) is 5.02 Å². The van der Waals surface area contributed by atoms with Crippen molar-refractivity contribution in [2.45, 2.75) is 69.5 Å². The van der Waals surface area contributed by atoms with Crippen LogP contribution in [-0.4, -0.2) is 63.2 Å². The molecule has 0 radical (unpaired) electrons. The standard InChI is InChI=1S/C31H33ClF3N5O6/c1-30(2,3)46-29(43)38-25-12-21(16-45-26(25)23-11-19(33)4-5-24(23)35)40-15-22(14-37-40)39-7-6-31(44,28(39)42)27(41)36-13-17-8-18(32)10-20(34)9-17/h4-5,8-11,14-15,21,25-26,44H,6-7,12-13,16H2,1-3H3,(H,36,41)(H,38,43)/t21-,25+,26-,31?/m1/s1. The minimum absolute atomic E-state index is 0.00136. The van der Waals surface area contributed by atoms with Gasteiger partial charge in [-0.15, -0.1) is 0 Å². The predicted molar refractivity (Wildman–Crippen MR) is 159 cm³/mol. The van der Waals surface area contributed by atoms with Crippen molar-refractivity contribution in [1.82, 2.24) is 20.4 Å². The van der Waals surface area contributed by atoms with Crippen LogP contribution in [0, 0.1) is 17.5 Å². The van der Waals surface area contributed by atoms with E-state index in [1.54, 1.807) is 20.8 Å². The van der Waals surface area contributed by atoms with Gasteiger partial charge < -0.3 is 30.1 Å². The SMILES string of the molecule is CC(C)(C)OC(=O)N[C@H]1C[C@@H](n2cc(N3CCC(O)(C(=O)NCc4cc(F)cc(Cl)c4)C3=O)cn2)CO[C@@H]1c1cc(F)ccc1F. The molecular weight excluding hydrogens is 631 g/mol. The molecule has 0 saturated carbocycles. The quantitative estimate of drug-likeness (QED) is 0.320. The first kappa shape index (κ1) is 33.2. The Labute approximate surface area is 267 Å². The molecule has 2 aromatic carbocycles. The molecule has 3 N–H and O–H groups in total. The van der Waals surface area contributed by atoms with E-state index in [1.165, 1.54) is 34.1 Å². The van der Waals surface area contributed by atoms with Crippen LogP contribution in [0.15, 0.2) is 48.8 Å². The Bertz CT molecular complexity index is 1630. The number of alkyl carbamates (subject to hydrolysis) is 1. The number of hydrogen-bond donors (Lipinski definition) is 3. The Hall–Kier alpha value is -4.14. The molecule has 3 amide bonds. The molecule has 4 atom stereocenters. The van der Waals surface area contributed by atoms with E-state index in [-0.39, 0.29) is 43.1 Å². The second-order valence-corrected chi connectivity index (χ2v) is 12.7. The fourth-order valence-electron chi connectivity index (χ4n) is 5.50. The van der Waals surface area contributed by atoms with Gasteiger partial charge in [0.25, 0.3) is 11.8 Å². The van der Waals surface area contributed by atoms with E-state index in [2.05, 4.69) is 15.7 Å². The van der Waals surface area contributed by atoms with Gasteiger partial charge in [0.15, 0.2) is 0 Å². The number of carbonyl (C=O) groups excluding carboxylic acids is 3. The Morgan fingerprint density at radius 3 is 2.65 bits per heavy atom. The van der Waals surface area contributed by atoms with Crippen LogP contribution >= 0.6 is 11.6 Å². The minimum atomic E-state index is -2.36. The summed E-state index contributed by atoms with van der Waals surface area (Å²) in [4.78, 5) is 40.1. The summed E-state index contributed by atoms with van der Waals surface area (Å²) < 4.78 is 55.3. The molecule has 2 aliphatic rings. The Kier molecular flexibility index (Phi) is 9.34. The number of ether oxygens (including phenoxy) is 2. The average molecular weight is 664 g/mol. The fraction of sp³-hybridized carbons (Fsp3) is 0.419. The number of benzene rings is 2. The number of amides is 3. The van der Waals surface area contributed by atoms with Crippen LogP contribution in [0.3, 0.4) is 0 Å². The summed E-state index contributed by atoms with van der Waals surface area (Å²) >= 11 is 5.86. The number of aliphatic hydroxyl groups is 1. The molecule has 3 aromatic rings. The topological polar surface area (TPSA) is 135 Å². The third kappa shape index (κ3) is 7.29. The number of anilines is 1. The molecule has 0 aliphatic carbocycles. The molecule has 246 valence electrons. The Morgan fingerprint density at radius 2 is 1.93 bits per heavy atom. The first-order valence-corrected chi connectivity index (χ1v) is 14.9. The van der Waals surface area contributed by atoms with Gasteiger partial charge in [0, 0.05) is 36.3 Å². The van der Waals surface area contributed by atoms with E-state index >= 15 is 0 Å². The number of hydrogen-bond acceptors (Lipinski definition) is 7. The van der Waals surface area contributed by atoms with Crippen molar-refractivity contribution in [3.63, 3.8) is 0 Å². The van der Waals surface area contributed by atoms with Gasteiger partial charge in [-0.25, -0.2) is 18.0 Å². The highest BCUT2D eigenvalue weighted by Crippen LogP contribution is 2.36. The number of halogens is 4. The summed E-state index contributed by atoms with van der Waals surface area (Å²) in [6, 6.07) is 5.34. The smallest absolute Gasteiger partial charge is 0.407 e. The highest BCUT2D eigenvalue weighted by atomic mass is 35.5. The lowest BCUT2D eigenvalue weighted by Crippen LogP contribution is -2.52. The second-order valence-electron chi connectivity index (χ2n) is 12.3. The van der Waals surface area contributed by atoms with Crippen LogP contribution in [0.5, 0.6) is 0 Å². The van der Waals surface area contributed by atoms with Crippen molar-refractivity contribution < 1.29 is 42.1 Å². The highest BCUT2D eigenvalue weighted by Gasteiger charge is 2.52. The van der Waals surface area contributed by atoms with Crippen molar-refractivity contribution >= 4 is 35.2 Å². The molecule has 15 heteroatoms. The van der Waals surface area contributed by atoms with E-state index in [1.807, 2.05) is 0 Å². The number of nitrogens with zero attached hydrogens (tertiary/aromatic N) is 3. The fourth-order valence-corrected chi connectivity index (χ4v) is 5.75. The summed E-state index contributed by atoms with van der Waals surface area (Å²) in [7, 11) is 0. The van der Waals surface area contributed by atoms with Gasteiger partial charge in [-0.05, 0) is 69.2 Å². The third-order valence-corrected chi connectivity index (χ3v) is 7.87. The largest absolute Gasteiger partial charge is 0.444 e. The molecule has 2 fully saturated rings. The monoisotopic (exact) mass is 663 g/mol. The Morgan fingerprint density at radius 1 is 1.17 bits per heavy atom. The molecule has 0 bridgehead atoms. The van der Waals surface area contributed by atoms with Gasteiger partial charge in [0.05, 0.1) is 30.6 Å². The maximum absolute atomic E-state index is 14.7. The van der Waals surface area contributed by atoms with E-state index in [0.717, 1.165) is 24.3 Å². The van der Waals surface area contributed by atoms with Crippen LogP contribution in [0.4, 0.5) is 23.7 Å². The van der Waals surface area contributed by atoms with E-state index < -0.39 is 64.7 Å². The van der Waals surface area contributed by atoms with Crippen LogP contribution in [0.25, 0.3) is 0 Å². The molecule has 0 spiro atoms. The zero-order chi connectivity index (χ0) is 33.4. The van der Waals surface area contributed by atoms with Crippen LogP contribution < -0.4 is 15.5 Å². The average Bonchev–Trinajstić information content (AvgIpc) is 3.57. The van der Waals surface area contributed by atoms with E-state index in [4.69, 9.17) is 21.1 Å². The number of rotatable bonds is 7. The Balaban J connectivity index is 1.29. The molecule has 5 rings (SSSR count). The predicted octanol–water partition coefficient (Wildman–Crippen LogP) is 4.33. The highest BCUT2D eigenvalue weighted by molar-refractivity contribution is 6.30. The van der Waals surface area contributed by atoms with Gasteiger partial charge in [-0.1, -0.05) is 11.6 Å². The molecule has 2 aliphatic heterocycles. The third-order valence-electron chi connectivity index (χ3n) is 7.65. The zero-order valence-corrected chi connectivity index (χ0v) is 26.0. The lowest BCUT2D eigenvalue weighted by atomic mass is 9.93. The van der Waals surface area contributed by atoms with Gasteiger partial charge in [0.2, 0.25) is 5.60 Å². The molecule has 3 heterocycles. The maximum atomic E-state index is 14.7. The molecule has 1 unspecified atom stereocenters. The zero-order valence-electron chi connectivity index (χ0n) is 25.2. The van der Waals surface area contributed by atoms with E-state index in [9.17, 15) is 32.7 Å². The van der Waals surface area contributed by atoms with Crippen molar-refractivity contribution in [2.75, 3.05) is 18.1 Å². The van der Waals surface area contributed by atoms with Crippen molar-refractivity contribution in [3.8, 4) is 0 Å². The van der Waals surface area contributed by atoms with Crippen molar-refractivity contribution in [3.05, 3.63) is 82.4 Å². The first-order chi connectivity index (χ1) is 21.6. The summed E-state index contributed by atoms with van der Waals surface area (Å²) in [6.45, 7) is 4.90. The molecule has 11 nitrogen and oxygen atoms in total. The second kappa shape index (κ2) is 12.9. The lowest BCUT2D eigenvalue weighted by Gasteiger charge is -2.37. The van der Waals surface area contributed by atoms with Crippen molar-refractivity contribution in [1.29, 1.82) is 0 Å². The van der Waals surface area contributed by atoms with Gasteiger partial charge in [0.1, 0.15) is 29.2 Å². The molecular formula is C31H33ClF3N5O6. The minimum Gasteiger partial charge on any atom is -0.444 e. The normalized spacial score (nSPS) is 23.3. The summed E-state index contributed by atoms with van der Waals surface area (Å²) in [5.74, 6) is -3.78. The summed E-state index contributed by atoms with van der Waals surface area (Å²) in [5.41, 5.74) is -2.61. The molecule has 46 heavy (non-hydrogen) atoms. The number of nitrogens with one attached hydrogen (secondary N) is 2. The summed E-state index contributed by atoms with van der Waals surface area (Å²) in [5, 5.41) is 20.7. The molecule has 2 saturated heterocycles. The van der Waals surface area contributed by atoms with Gasteiger partial charge in [-0.2, -0.15) is 5.10 Å². The van der Waals surface area contributed by atoms with Gasteiger partial charge in [-0.3, -0.25) is 14.3 Å². The molecule has 1 aromatic heterocycles. The maximum Gasteiger partial charge on any atom is 0.407 e. The van der Waals surface area contributed by atoms with E-state index in [0.29, 0.717) is 11.3 Å². The van der Waals surface area contributed by atoms with Crippen LogP contribution in [-0.2, 0) is 25.6 Å². The summed E-state index contributed by atoms with van der Waals surface area (Å²) in [6.07, 6.45) is 1.06. The number of aromatic nitrogens is 2. The van der Waals surface area contributed by atoms with Crippen molar-refractivity contribution in [2.24, 2.45) is 0 Å². The first-order valence-electron chi connectivity index (χ1n) is 14.5. The van der Waals surface area contributed by atoms with Gasteiger partial charge >= 0.3 is 6.09 Å². The number of carbonyl (C=O) groups is 3.